The molecule has 1 aromatic rings. The van der Waals surface area contributed by atoms with Crippen molar-refractivity contribution < 1.29 is 87.2 Å². The Morgan fingerprint density at radius 1 is 0.554 bits per heavy atom. The summed E-state index contributed by atoms with van der Waals surface area (Å²) in [6, 6.07) is -11.3. The Hall–Kier alpha value is -7.65. The summed E-state index contributed by atoms with van der Waals surface area (Å²) in [5.74, 6) is -15.2. The summed E-state index contributed by atoms with van der Waals surface area (Å²) < 4.78 is 0. The van der Waals surface area contributed by atoms with Crippen molar-refractivity contribution in [3.63, 3.8) is 0 Å². The van der Waals surface area contributed by atoms with Crippen molar-refractivity contribution in [1.29, 1.82) is 0 Å². The second-order valence-electron chi connectivity index (χ2n) is 21.6. The number of nitrogens with zero attached hydrogens (tertiary/aromatic N) is 2. The van der Waals surface area contributed by atoms with Crippen molar-refractivity contribution >= 4 is 139 Å². The summed E-state index contributed by atoms with van der Waals surface area (Å²) in [5.41, 5.74) is 22.5. The Balaban J connectivity index is 1.66. The van der Waals surface area contributed by atoms with Crippen molar-refractivity contribution in [1.82, 2.24) is 63.0 Å². The van der Waals surface area contributed by atoms with Gasteiger partial charge in [-0.3, -0.25) is 67.1 Å². The number of thiol groups is 4. The number of nitrogens with two attached hydrogens (primary N) is 4. The average Bonchev–Trinajstić information content (AvgIpc) is 1.69. The number of nitrogens with one attached hydrogen (secondary N) is 10. The molecule has 2 fully saturated rings. The number of primary amides is 2. The minimum Gasteiger partial charge on any atom is -0.508 e. The Morgan fingerprint density at radius 2 is 1.02 bits per heavy atom. The highest BCUT2D eigenvalue weighted by Crippen LogP contribution is 2.21. The topological polar surface area (TPSA) is 548 Å². The molecule has 0 aliphatic carbocycles. The fourth-order valence-electron chi connectivity index (χ4n) is 9.44. The summed E-state index contributed by atoms with van der Waals surface area (Å²) in [6.07, 6.45) is 0.184. The molecular weight excluding hydrogens is 1290 g/mol. The van der Waals surface area contributed by atoms with Crippen molar-refractivity contribution in [3.8, 4) is 5.75 Å². The number of unbranched alkanes of at least 4 members (excludes halogenated alkanes) is 1. The number of carboxylic acids is 1. The number of aliphatic hydroxyl groups excluding tert-OH is 1. The summed E-state index contributed by atoms with van der Waals surface area (Å²) in [5, 5.41) is 53.4. The lowest BCUT2D eigenvalue weighted by atomic mass is 10.0. The first kappa shape index (κ1) is 78.6. The number of carbonyl (C=O) groups is 15. The van der Waals surface area contributed by atoms with E-state index in [0.29, 0.717) is 24.8 Å². The van der Waals surface area contributed by atoms with Crippen LogP contribution in [-0.4, -0.2) is 242 Å². The smallest absolute Gasteiger partial charge is 0.327 e. The molecule has 0 radical (unpaired) electrons. The van der Waals surface area contributed by atoms with E-state index in [1.165, 1.54) is 36.1 Å². The number of phenolic OH excluding ortho intramolecular Hbond substituents is 1. The summed E-state index contributed by atoms with van der Waals surface area (Å²) in [6.45, 7) is -0.154. The third-order valence-electron chi connectivity index (χ3n) is 14.6. The summed E-state index contributed by atoms with van der Waals surface area (Å²) in [4.78, 5) is 200. The lowest BCUT2D eigenvalue weighted by molar-refractivity contribution is -0.143. The molecule has 512 valence electrons. The monoisotopic (exact) mass is 1370 g/mol. The molecule has 2 aliphatic rings. The normalized spacial score (nSPS) is 17.6. The van der Waals surface area contributed by atoms with Gasteiger partial charge in [-0.1, -0.05) is 12.1 Å². The van der Waals surface area contributed by atoms with Crippen LogP contribution in [-0.2, 0) is 78.3 Å². The van der Waals surface area contributed by atoms with E-state index in [-0.39, 0.29) is 93.3 Å². The molecule has 12 atom stereocenters. The van der Waals surface area contributed by atoms with E-state index in [1.54, 1.807) is 0 Å². The van der Waals surface area contributed by atoms with Crippen molar-refractivity contribution in [2.75, 3.05) is 55.8 Å². The second kappa shape index (κ2) is 39.7. The van der Waals surface area contributed by atoms with Crippen LogP contribution in [0.5, 0.6) is 5.75 Å². The highest BCUT2D eigenvalue weighted by Gasteiger charge is 2.41. The Labute approximate surface area is 551 Å². The van der Waals surface area contributed by atoms with Crippen LogP contribution >= 0.6 is 50.5 Å². The third kappa shape index (κ3) is 25.1. The molecule has 14 amide bonds. The van der Waals surface area contributed by atoms with E-state index in [4.69, 9.17) is 22.9 Å². The lowest BCUT2D eigenvalue weighted by Crippen LogP contribution is -2.60. The minimum atomic E-state index is -1.68. The molecule has 34 nitrogen and oxygen atoms in total. The van der Waals surface area contributed by atoms with E-state index in [2.05, 4.69) is 104 Å². The number of aliphatic carboxylic acids is 1. The van der Waals surface area contributed by atoms with E-state index >= 15 is 0 Å². The molecule has 92 heavy (non-hydrogen) atoms. The van der Waals surface area contributed by atoms with Crippen molar-refractivity contribution in [2.24, 2.45) is 22.9 Å². The van der Waals surface area contributed by atoms with Gasteiger partial charge in [-0.05, 0) is 82.5 Å². The first-order valence-electron chi connectivity index (χ1n) is 29.2. The minimum absolute atomic E-state index is 0.00638. The zero-order valence-electron chi connectivity index (χ0n) is 50.3. The molecule has 38 heteroatoms. The van der Waals surface area contributed by atoms with Gasteiger partial charge in [0.25, 0.3) is 0 Å². The van der Waals surface area contributed by atoms with Gasteiger partial charge in [0.1, 0.15) is 72.2 Å². The molecular formula is C54H84N16O18S4. The van der Waals surface area contributed by atoms with E-state index in [9.17, 15) is 87.2 Å². The van der Waals surface area contributed by atoms with Gasteiger partial charge in [0.05, 0.1) is 25.6 Å². The Bertz CT molecular complexity index is 2810. The number of aromatic hydroxyl groups is 1. The summed E-state index contributed by atoms with van der Waals surface area (Å²) >= 11 is 16.3. The predicted octanol–water partition coefficient (Wildman–Crippen LogP) is -8.19. The number of amides is 14. The number of aliphatic hydroxyl groups is 1. The van der Waals surface area contributed by atoms with Crippen LogP contribution in [0.15, 0.2) is 24.3 Å². The van der Waals surface area contributed by atoms with Crippen molar-refractivity contribution in [3.05, 3.63) is 29.8 Å². The molecule has 0 bridgehead atoms. The number of rotatable bonds is 39. The molecule has 0 unspecified atom stereocenters. The molecule has 1 aromatic carbocycles. The largest absolute Gasteiger partial charge is 0.508 e. The van der Waals surface area contributed by atoms with Crippen LogP contribution in [0.4, 0.5) is 0 Å². The number of phenols is 1. The van der Waals surface area contributed by atoms with Crippen LogP contribution in [0.25, 0.3) is 0 Å². The predicted molar refractivity (Wildman–Crippen MR) is 341 cm³/mol. The summed E-state index contributed by atoms with van der Waals surface area (Å²) in [7, 11) is 0. The van der Waals surface area contributed by atoms with Crippen LogP contribution < -0.4 is 76.1 Å². The second-order valence-corrected chi connectivity index (χ2v) is 23.0. The van der Waals surface area contributed by atoms with Gasteiger partial charge in [0, 0.05) is 48.9 Å². The lowest BCUT2D eigenvalue weighted by Gasteiger charge is -2.30. The SMILES string of the molecule is C[C@H](NC(=O)[C@@H]1CCCN1C(=O)[C@H](CC(N)=O)NC(=O)[C@H](CS)NC(=O)[C@H](CS)NC(=O)[C@@H](N)CCC(N)=O)C(=O)N[C@@H](CS)C(=O)NCC(=O)N1CCC[C@H]1C(=O)N[C@@H](CCCCN)C(=O)N[C@@H](Cc1ccc(O)cc1)C(=O)N[C@@H](CO)C(=O)N[C@@H](CS)C(=O)O. The van der Waals surface area contributed by atoms with Gasteiger partial charge in [0.2, 0.25) is 82.7 Å². The average molecular weight is 1370 g/mol. The van der Waals surface area contributed by atoms with Gasteiger partial charge in [-0.25, -0.2) is 4.79 Å². The number of likely N-dealkylation sites (tertiary alicyclic amines) is 2. The highest BCUT2D eigenvalue weighted by atomic mass is 32.1. The number of hydrogen-bond donors (Lipinski definition) is 21. The molecule has 0 saturated carbocycles. The zero-order valence-corrected chi connectivity index (χ0v) is 53.9. The number of hydrogen-bond acceptors (Lipinski definition) is 23. The Kier molecular flexibility index (Phi) is 33.9. The van der Waals surface area contributed by atoms with Crippen LogP contribution in [0.3, 0.4) is 0 Å². The maximum absolute atomic E-state index is 14.1. The van der Waals surface area contributed by atoms with E-state index in [0.717, 1.165) is 4.90 Å². The van der Waals surface area contributed by atoms with Crippen molar-refractivity contribution in [2.45, 2.75) is 150 Å². The van der Waals surface area contributed by atoms with E-state index in [1.807, 2.05) is 0 Å². The standard InChI is InChI=1S/C54H84N16O18S4/c1-26(60-51(84)39-8-5-17-70(39)53(86)32(19-41(58)74)63-49(82)36(24-91)67-50(83)35(23-90)66-44(77)29(56)13-14-40(57)73)43(76)65-34(22-89)45(78)59-20-42(75)69-16-4-7-38(69)52(85)61-30(6-2-3-15-55)46(79)62-31(18-27-9-11-28(72)12-10-27)47(80)64-33(21-71)48(81)68-37(25-92)54(87)88/h9-12,26,29-39,71-72,89-92H,2-8,13-25,55-56H2,1H3,(H2,57,73)(H2,58,74)(H,59,78)(H,60,84)(H,61,85)(H,62,79)(H,63,82)(H,64,80)(H,65,76)(H,66,77)(H,67,83)(H,68,81)(H,87,88)/t26-,29-,30-,31-,32-,33-,34-,35-,36-,37-,38-,39-/m0/s1. The molecule has 0 aromatic heterocycles. The number of carboxylic acid groups (broad SMARTS) is 1. The molecule has 3 rings (SSSR count). The molecule has 0 spiro atoms. The third-order valence-corrected chi connectivity index (χ3v) is 16.0. The molecule has 21 N–H and O–H groups in total. The van der Waals surface area contributed by atoms with Gasteiger partial charge >= 0.3 is 5.97 Å². The molecule has 2 heterocycles. The fourth-order valence-corrected chi connectivity index (χ4v) is 10.5. The molecule has 2 aliphatic heterocycles. The highest BCUT2D eigenvalue weighted by molar-refractivity contribution is 7.80. The number of carbonyl (C=O) groups excluding carboxylic acids is 14. The van der Waals surface area contributed by atoms with Crippen LogP contribution in [0.1, 0.15) is 76.7 Å². The maximum atomic E-state index is 14.1. The van der Waals surface area contributed by atoms with Gasteiger partial charge in [0.15, 0.2) is 0 Å². The van der Waals surface area contributed by atoms with Gasteiger partial charge < -0.3 is 101 Å². The number of benzene rings is 1. The fraction of sp³-hybridized carbons (Fsp3) is 0.611. The first-order valence-corrected chi connectivity index (χ1v) is 31.8. The van der Waals surface area contributed by atoms with Crippen LogP contribution in [0.2, 0.25) is 0 Å². The van der Waals surface area contributed by atoms with Crippen LogP contribution in [0, 0.1) is 0 Å². The van der Waals surface area contributed by atoms with Gasteiger partial charge in [-0.15, -0.1) is 0 Å². The first-order chi connectivity index (χ1) is 43.5. The van der Waals surface area contributed by atoms with Gasteiger partial charge in [-0.2, -0.15) is 50.5 Å². The van der Waals surface area contributed by atoms with E-state index < -0.39 is 181 Å². The maximum Gasteiger partial charge on any atom is 0.327 e. The zero-order chi connectivity index (χ0) is 68.9. The quantitative estimate of drug-likeness (QED) is 0.0215. The molecule has 2 saturated heterocycles. The Morgan fingerprint density at radius 3 is 1.57 bits per heavy atom.